The van der Waals surface area contributed by atoms with E-state index in [0.717, 1.165) is 35.2 Å². The van der Waals surface area contributed by atoms with Gasteiger partial charge in [0.1, 0.15) is 0 Å². The van der Waals surface area contributed by atoms with E-state index in [0.29, 0.717) is 16.0 Å². The van der Waals surface area contributed by atoms with Crippen molar-refractivity contribution in [3.63, 3.8) is 0 Å². The number of halogens is 2. The molecule has 0 aliphatic rings. The molecule has 102 valence electrons. The van der Waals surface area contributed by atoms with Crippen LogP contribution in [-0.2, 0) is 0 Å². The van der Waals surface area contributed by atoms with E-state index >= 15 is 0 Å². The van der Waals surface area contributed by atoms with Crippen LogP contribution in [0.3, 0.4) is 0 Å². The van der Waals surface area contributed by atoms with Gasteiger partial charge in [0.2, 0.25) is 0 Å². The standard InChI is InChI=1S/C15H18Cl2N2/c1-4-5-18-14-8-13(9(2)3)19-15-11(14)6-10(16)7-12(15)17/h6-9H,4-5H2,1-3H3,(H,18,19). The molecule has 0 bridgehead atoms. The Kier molecular flexibility index (Phi) is 4.54. The highest BCUT2D eigenvalue weighted by atomic mass is 35.5. The Balaban J connectivity index is 2.67. The number of pyridine rings is 1. The van der Waals surface area contributed by atoms with E-state index in [1.807, 2.05) is 6.07 Å². The first kappa shape index (κ1) is 14.4. The van der Waals surface area contributed by atoms with Gasteiger partial charge in [0.25, 0.3) is 0 Å². The number of anilines is 1. The van der Waals surface area contributed by atoms with Crippen molar-refractivity contribution in [2.24, 2.45) is 0 Å². The molecule has 1 N–H and O–H groups in total. The van der Waals surface area contributed by atoms with E-state index in [9.17, 15) is 0 Å². The molecule has 4 heteroatoms. The third-order valence-corrected chi connectivity index (χ3v) is 3.51. The highest BCUT2D eigenvalue weighted by Gasteiger charge is 2.11. The molecule has 2 nitrogen and oxygen atoms in total. The maximum absolute atomic E-state index is 6.27. The Bertz CT molecular complexity index is 594. The fourth-order valence-electron chi connectivity index (χ4n) is 1.97. The summed E-state index contributed by atoms with van der Waals surface area (Å²) in [6.07, 6.45) is 1.06. The molecule has 0 atom stereocenters. The zero-order valence-corrected chi connectivity index (χ0v) is 12.9. The first-order chi connectivity index (χ1) is 9.02. The molecule has 19 heavy (non-hydrogen) atoms. The SMILES string of the molecule is CCCNc1cc(C(C)C)nc2c(Cl)cc(Cl)cc12. The summed E-state index contributed by atoms with van der Waals surface area (Å²) in [4.78, 5) is 4.65. The maximum Gasteiger partial charge on any atom is 0.0913 e. The van der Waals surface area contributed by atoms with Gasteiger partial charge >= 0.3 is 0 Å². The summed E-state index contributed by atoms with van der Waals surface area (Å²) in [7, 11) is 0. The van der Waals surface area contributed by atoms with Crippen molar-refractivity contribution >= 4 is 39.8 Å². The second-order valence-corrected chi connectivity index (χ2v) is 5.80. The van der Waals surface area contributed by atoms with Crippen LogP contribution < -0.4 is 5.32 Å². The van der Waals surface area contributed by atoms with Gasteiger partial charge in [0.05, 0.1) is 10.5 Å². The summed E-state index contributed by atoms with van der Waals surface area (Å²) in [5.41, 5.74) is 2.91. The number of nitrogens with one attached hydrogen (secondary N) is 1. The summed E-state index contributed by atoms with van der Waals surface area (Å²) in [5, 5.41) is 5.65. The average Bonchev–Trinajstić information content (AvgIpc) is 2.35. The zero-order chi connectivity index (χ0) is 14.0. The van der Waals surface area contributed by atoms with Crippen LogP contribution in [0.1, 0.15) is 38.8 Å². The first-order valence-electron chi connectivity index (χ1n) is 6.56. The van der Waals surface area contributed by atoms with Crippen LogP contribution in [0.5, 0.6) is 0 Å². The lowest BCUT2D eigenvalue weighted by atomic mass is 10.1. The van der Waals surface area contributed by atoms with Gasteiger partial charge in [-0.05, 0) is 30.5 Å². The normalized spacial score (nSPS) is 11.3. The minimum Gasteiger partial charge on any atom is -0.384 e. The Morgan fingerprint density at radius 3 is 2.58 bits per heavy atom. The Labute approximate surface area is 124 Å². The molecule has 2 aromatic rings. The zero-order valence-electron chi connectivity index (χ0n) is 11.4. The topological polar surface area (TPSA) is 24.9 Å². The molecular formula is C15H18Cl2N2. The third kappa shape index (κ3) is 3.13. The molecule has 1 aromatic heterocycles. The first-order valence-corrected chi connectivity index (χ1v) is 7.32. The highest BCUT2D eigenvalue weighted by molar-refractivity contribution is 6.38. The van der Waals surface area contributed by atoms with E-state index in [2.05, 4.69) is 37.1 Å². The van der Waals surface area contributed by atoms with Gasteiger partial charge in [-0.1, -0.05) is 44.0 Å². The molecule has 0 spiro atoms. The summed E-state index contributed by atoms with van der Waals surface area (Å²) < 4.78 is 0. The van der Waals surface area contributed by atoms with Gasteiger partial charge in [-0.2, -0.15) is 0 Å². The van der Waals surface area contributed by atoms with Crippen LogP contribution in [-0.4, -0.2) is 11.5 Å². The van der Waals surface area contributed by atoms with E-state index in [1.165, 1.54) is 0 Å². The number of fused-ring (bicyclic) bond motifs is 1. The van der Waals surface area contributed by atoms with Gasteiger partial charge < -0.3 is 5.32 Å². The van der Waals surface area contributed by atoms with E-state index < -0.39 is 0 Å². The number of rotatable bonds is 4. The number of nitrogens with zero attached hydrogens (tertiary/aromatic N) is 1. The maximum atomic E-state index is 6.27. The monoisotopic (exact) mass is 296 g/mol. The van der Waals surface area contributed by atoms with Crippen molar-refractivity contribution in [2.45, 2.75) is 33.1 Å². The van der Waals surface area contributed by atoms with Crippen LogP contribution in [0, 0.1) is 0 Å². The van der Waals surface area contributed by atoms with Gasteiger partial charge in [0, 0.05) is 28.3 Å². The number of benzene rings is 1. The van der Waals surface area contributed by atoms with Crippen molar-refractivity contribution in [3.8, 4) is 0 Å². The fourth-order valence-corrected chi connectivity index (χ4v) is 2.51. The van der Waals surface area contributed by atoms with Gasteiger partial charge in [-0.15, -0.1) is 0 Å². The number of hydrogen-bond acceptors (Lipinski definition) is 2. The van der Waals surface area contributed by atoms with Gasteiger partial charge in [-0.25, -0.2) is 0 Å². The van der Waals surface area contributed by atoms with Crippen molar-refractivity contribution in [3.05, 3.63) is 33.9 Å². The summed E-state index contributed by atoms with van der Waals surface area (Å²) >= 11 is 12.4. The highest BCUT2D eigenvalue weighted by Crippen LogP contribution is 2.33. The van der Waals surface area contributed by atoms with Crippen LogP contribution in [0.25, 0.3) is 10.9 Å². The second kappa shape index (κ2) is 5.98. The molecule has 0 saturated carbocycles. The average molecular weight is 297 g/mol. The summed E-state index contributed by atoms with van der Waals surface area (Å²) in [6, 6.07) is 5.75. The number of aromatic nitrogens is 1. The Hall–Kier alpha value is -0.990. The summed E-state index contributed by atoms with van der Waals surface area (Å²) in [5.74, 6) is 0.360. The van der Waals surface area contributed by atoms with Crippen molar-refractivity contribution in [1.82, 2.24) is 4.98 Å². The molecule has 0 aliphatic carbocycles. The molecule has 0 fully saturated rings. The fraction of sp³-hybridized carbons (Fsp3) is 0.400. The molecule has 0 aliphatic heterocycles. The molecule has 0 amide bonds. The molecule has 0 saturated heterocycles. The number of hydrogen-bond donors (Lipinski definition) is 1. The van der Waals surface area contributed by atoms with E-state index in [4.69, 9.17) is 23.2 Å². The second-order valence-electron chi connectivity index (χ2n) is 4.96. The molecule has 0 unspecified atom stereocenters. The predicted octanol–water partition coefficient (Wildman–Crippen LogP) is 5.49. The smallest absolute Gasteiger partial charge is 0.0913 e. The van der Waals surface area contributed by atoms with Crippen molar-refractivity contribution in [1.29, 1.82) is 0 Å². The summed E-state index contributed by atoms with van der Waals surface area (Å²) in [6.45, 7) is 7.31. The minimum atomic E-state index is 0.360. The van der Waals surface area contributed by atoms with Crippen LogP contribution in [0.4, 0.5) is 5.69 Å². The third-order valence-electron chi connectivity index (χ3n) is 3.01. The largest absolute Gasteiger partial charge is 0.384 e. The lowest BCUT2D eigenvalue weighted by Gasteiger charge is -2.14. The molecule has 1 heterocycles. The molecule has 2 rings (SSSR count). The van der Waals surface area contributed by atoms with Gasteiger partial charge in [-0.3, -0.25) is 4.98 Å². The van der Waals surface area contributed by atoms with E-state index in [1.54, 1.807) is 6.07 Å². The molecule has 0 radical (unpaired) electrons. The molecular weight excluding hydrogens is 279 g/mol. The van der Waals surface area contributed by atoms with Crippen molar-refractivity contribution < 1.29 is 0 Å². The lowest BCUT2D eigenvalue weighted by molar-refractivity contribution is 0.829. The quantitative estimate of drug-likeness (QED) is 0.807. The van der Waals surface area contributed by atoms with Crippen molar-refractivity contribution in [2.75, 3.05) is 11.9 Å². The predicted molar refractivity (Wildman–Crippen MR) is 84.6 cm³/mol. The van der Waals surface area contributed by atoms with Crippen LogP contribution in [0.2, 0.25) is 10.0 Å². The van der Waals surface area contributed by atoms with Crippen LogP contribution >= 0.6 is 23.2 Å². The molecule has 1 aromatic carbocycles. The lowest BCUT2D eigenvalue weighted by Crippen LogP contribution is -2.03. The van der Waals surface area contributed by atoms with Gasteiger partial charge in [0.15, 0.2) is 0 Å². The Morgan fingerprint density at radius 1 is 1.21 bits per heavy atom. The van der Waals surface area contributed by atoms with Crippen LogP contribution in [0.15, 0.2) is 18.2 Å². The van der Waals surface area contributed by atoms with E-state index in [-0.39, 0.29) is 0 Å². The Morgan fingerprint density at radius 2 is 1.95 bits per heavy atom. The minimum absolute atomic E-state index is 0.360.